The summed E-state index contributed by atoms with van der Waals surface area (Å²) in [6.07, 6.45) is 12.9. The summed E-state index contributed by atoms with van der Waals surface area (Å²) >= 11 is 0. The molecule has 6 rings (SSSR count). The van der Waals surface area contributed by atoms with Crippen molar-refractivity contribution >= 4 is 5.78 Å². The van der Waals surface area contributed by atoms with Gasteiger partial charge in [0.2, 0.25) is 0 Å². The lowest BCUT2D eigenvalue weighted by Crippen LogP contribution is -2.53. The summed E-state index contributed by atoms with van der Waals surface area (Å²) in [4.78, 5) is 12.1. The van der Waals surface area contributed by atoms with Crippen molar-refractivity contribution < 1.29 is 4.79 Å². The van der Waals surface area contributed by atoms with Crippen LogP contribution >= 0.6 is 0 Å². The third-order valence-corrected chi connectivity index (χ3v) is 10.5. The van der Waals surface area contributed by atoms with Crippen molar-refractivity contribution in [2.24, 2.45) is 51.8 Å². The fourth-order valence-corrected chi connectivity index (χ4v) is 9.24. The van der Waals surface area contributed by atoms with Gasteiger partial charge in [0.15, 0.2) is 5.78 Å². The Morgan fingerprint density at radius 2 is 2.00 bits per heavy atom. The van der Waals surface area contributed by atoms with E-state index in [2.05, 4.69) is 26.0 Å². The van der Waals surface area contributed by atoms with Crippen LogP contribution < -0.4 is 0 Å². The van der Waals surface area contributed by atoms with Gasteiger partial charge in [-0.1, -0.05) is 19.4 Å². The van der Waals surface area contributed by atoms with Crippen LogP contribution in [-0.4, -0.2) is 5.78 Å². The summed E-state index contributed by atoms with van der Waals surface area (Å²) in [5.41, 5.74) is 2.16. The van der Waals surface area contributed by atoms with Crippen molar-refractivity contribution in [2.75, 3.05) is 0 Å². The van der Waals surface area contributed by atoms with Gasteiger partial charge >= 0.3 is 0 Å². The zero-order chi connectivity index (χ0) is 17.9. The van der Waals surface area contributed by atoms with E-state index in [1.807, 2.05) is 0 Å². The van der Waals surface area contributed by atoms with Crippen LogP contribution in [0.25, 0.3) is 0 Å². The molecule has 0 N–H and O–H groups in total. The summed E-state index contributed by atoms with van der Waals surface area (Å²) in [6, 6.07) is 2.90. The standard InChI is InChI=1S/C24H31NO/c1-3-24(13-25)20-11-17(20)21-18-12-23(8-9-23)19-10-14(26)4-5-16(19)15(18)6-7-22(21,24)2/h10,15-18,20-21H,3-9,11-12H2,1-2H3/t15-,16-,17-,18-,20+,21+,22+,24+/m1/s1. The molecule has 0 saturated heterocycles. The molecule has 5 fully saturated rings. The summed E-state index contributed by atoms with van der Waals surface area (Å²) < 4.78 is 0. The molecule has 0 aromatic heterocycles. The number of rotatable bonds is 1. The van der Waals surface area contributed by atoms with Gasteiger partial charge in [0, 0.05) is 6.42 Å². The highest BCUT2D eigenvalue weighted by atomic mass is 16.1. The normalized spacial score (nSPS) is 55.1. The average Bonchev–Trinajstić information content (AvgIpc) is 3.54. The first-order valence-electron chi connectivity index (χ1n) is 11.2. The van der Waals surface area contributed by atoms with Crippen LogP contribution in [-0.2, 0) is 4.79 Å². The molecule has 0 aliphatic heterocycles. The summed E-state index contributed by atoms with van der Waals surface area (Å²) in [5.74, 6) is 5.00. The predicted molar refractivity (Wildman–Crippen MR) is 99.8 cm³/mol. The molecule has 0 radical (unpaired) electrons. The van der Waals surface area contributed by atoms with Gasteiger partial charge in [0.1, 0.15) is 0 Å². The van der Waals surface area contributed by atoms with Gasteiger partial charge in [-0.15, -0.1) is 0 Å². The van der Waals surface area contributed by atoms with E-state index >= 15 is 0 Å². The lowest BCUT2D eigenvalue weighted by Gasteiger charge is -2.58. The van der Waals surface area contributed by atoms with Crippen LogP contribution in [0.3, 0.4) is 0 Å². The molecule has 0 aromatic rings. The van der Waals surface area contributed by atoms with Gasteiger partial charge in [-0.2, -0.15) is 5.26 Å². The molecular weight excluding hydrogens is 318 g/mol. The second-order valence-corrected chi connectivity index (χ2v) is 10.9. The minimum atomic E-state index is -0.0529. The number of hydrogen-bond acceptors (Lipinski definition) is 2. The number of ketones is 1. The van der Waals surface area contributed by atoms with Crippen LogP contribution in [0.4, 0.5) is 0 Å². The minimum Gasteiger partial charge on any atom is -0.295 e. The molecule has 2 nitrogen and oxygen atoms in total. The Labute approximate surface area is 157 Å². The quantitative estimate of drug-likeness (QED) is 0.645. The van der Waals surface area contributed by atoms with E-state index in [-0.39, 0.29) is 10.8 Å². The molecule has 0 unspecified atom stereocenters. The number of allylic oxidation sites excluding steroid dienone is 1. The first-order valence-corrected chi connectivity index (χ1v) is 11.2. The third-order valence-electron chi connectivity index (χ3n) is 10.5. The Kier molecular flexibility index (Phi) is 2.85. The number of carbonyl (C=O) groups is 1. The fraction of sp³-hybridized carbons (Fsp3) is 0.833. The Morgan fingerprint density at radius 3 is 2.69 bits per heavy atom. The topological polar surface area (TPSA) is 40.9 Å². The number of hydrogen-bond donors (Lipinski definition) is 0. The molecule has 2 heteroatoms. The summed E-state index contributed by atoms with van der Waals surface area (Å²) in [7, 11) is 0. The Morgan fingerprint density at radius 1 is 1.19 bits per heavy atom. The highest BCUT2D eigenvalue weighted by Gasteiger charge is 2.76. The molecule has 0 aromatic carbocycles. The van der Waals surface area contributed by atoms with Crippen molar-refractivity contribution in [2.45, 2.75) is 71.6 Å². The number of nitriles is 1. The van der Waals surface area contributed by atoms with E-state index in [1.165, 1.54) is 38.5 Å². The molecule has 6 aliphatic carbocycles. The van der Waals surface area contributed by atoms with E-state index in [9.17, 15) is 10.1 Å². The van der Waals surface area contributed by atoms with Gasteiger partial charge in [-0.05, 0) is 104 Å². The largest absolute Gasteiger partial charge is 0.295 e. The second kappa shape index (κ2) is 4.65. The highest BCUT2D eigenvalue weighted by Crippen LogP contribution is 2.81. The van der Waals surface area contributed by atoms with Crippen molar-refractivity contribution in [3.63, 3.8) is 0 Å². The van der Waals surface area contributed by atoms with E-state index in [4.69, 9.17) is 0 Å². The SMILES string of the molecule is CC[C@]1(C#N)[C@H]2C[C@H]2[C@H]2[C@@H]3CC4(CC4)C4=CC(=O)CC[C@@H]4[C@H]3CC[C@@]21C. The zero-order valence-corrected chi connectivity index (χ0v) is 16.3. The molecule has 26 heavy (non-hydrogen) atoms. The van der Waals surface area contributed by atoms with Crippen LogP contribution in [0.5, 0.6) is 0 Å². The first kappa shape index (κ1) is 15.9. The van der Waals surface area contributed by atoms with Gasteiger partial charge in [-0.25, -0.2) is 0 Å². The molecule has 0 amide bonds. The van der Waals surface area contributed by atoms with Crippen LogP contribution in [0, 0.1) is 63.1 Å². The Hall–Kier alpha value is -1.10. The minimum absolute atomic E-state index is 0.0529. The summed E-state index contributed by atoms with van der Waals surface area (Å²) in [6.45, 7) is 4.78. The lowest BCUT2D eigenvalue weighted by molar-refractivity contribution is -0.117. The first-order chi connectivity index (χ1) is 12.5. The van der Waals surface area contributed by atoms with Gasteiger partial charge < -0.3 is 0 Å². The molecule has 6 aliphatic rings. The monoisotopic (exact) mass is 349 g/mol. The Balaban J connectivity index is 1.43. The van der Waals surface area contributed by atoms with Gasteiger partial charge in [0.05, 0.1) is 11.5 Å². The highest BCUT2D eigenvalue weighted by molar-refractivity contribution is 5.91. The molecule has 138 valence electrons. The predicted octanol–water partition coefficient (Wildman–Crippen LogP) is 5.29. The second-order valence-electron chi connectivity index (χ2n) is 10.9. The molecular formula is C24H31NO. The van der Waals surface area contributed by atoms with E-state index in [0.29, 0.717) is 23.0 Å². The van der Waals surface area contributed by atoms with Crippen molar-refractivity contribution in [1.29, 1.82) is 5.26 Å². The van der Waals surface area contributed by atoms with Crippen LogP contribution in [0.2, 0.25) is 0 Å². The zero-order valence-electron chi connectivity index (χ0n) is 16.3. The van der Waals surface area contributed by atoms with Gasteiger partial charge in [0.25, 0.3) is 0 Å². The molecule has 1 spiro atoms. The fourth-order valence-electron chi connectivity index (χ4n) is 9.24. The van der Waals surface area contributed by atoms with Crippen molar-refractivity contribution in [3.05, 3.63) is 11.6 Å². The van der Waals surface area contributed by atoms with Crippen LogP contribution in [0.15, 0.2) is 11.6 Å². The molecule has 8 atom stereocenters. The molecule has 0 bridgehead atoms. The van der Waals surface area contributed by atoms with Gasteiger partial charge in [-0.3, -0.25) is 4.79 Å². The maximum atomic E-state index is 12.1. The number of nitrogens with zero attached hydrogens (tertiary/aromatic N) is 1. The molecule has 0 heterocycles. The number of carbonyl (C=O) groups excluding carboxylic acids is 1. The Bertz CT molecular complexity index is 770. The maximum absolute atomic E-state index is 12.1. The smallest absolute Gasteiger partial charge is 0.155 e. The van der Waals surface area contributed by atoms with Crippen molar-refractivity contribution in [3.8, 4) is 6.07 Å². The maximum Gasteiger partial charge on any atom is 0.155 e. The summed E-state index contributed by atoms with van der Waals surface area (Å²) in [5, 5.41) is 10.2. The third kappa shape index (κ3) is 1.60. The number of fused-ring (bicyclic) bond motifs is 8. The van der Waals surface area contributed by atoms with Crippen LogP contribution in [0.1, 0.15) is 71.6 Å². The van der Waals surface area contributed by atoms with Crippen molar-refractivity contribution in [1.82, 2.24) is 0 Å². The lowest BCUT2D eigenvalue weighted by atomic mass is 9.45. The molecule has 5 saturated carbocycles. The van der Waals surface area contributed by atoms with E-state index in [1.54, 1.807) is 5.57 Å². The van der Waals surface area contributed by atoms with E-state index in [0.717, 1.165) is 42.9 Å². The average molecular weight is 350 g/mol. The van der Waals surface area contributed by atoms with E-state index < -0.39 is 0 Å².